The maximum absolute atomic E-state index is 11.1. The Labute approximate surface area is 260 Å². The smallest absolute Gasteiger partial charge is 0.339 e. The quantitative estimate of drug-likeness (QED) is 0.0986. The van der Waals surface area contributed by atoms with Crippen LogP contribution in [-0.4, -0.2) is 110 Å². The molecule has 0 amide bonds. The van der Waals surface area contributed by atoms with Crippen LogP contribution < -0.4 is 0 Å². The Morgan fingerprint density at radius 3 is 0.756 bits per heavy atom. The predicted octanol–water partition coefficient (Wildman–Crippen LogP) is -2.34. The van der Waals surface area contributed by atoms with Crippen molar-refractivity contribution in [3.05, 3.63) is 23.3 Å². The number of aromatic carboxylic acids is 2. The second-order valence-corrected chi connectivity index (χ2v) is 15.5. The Bertz CT molecular complexity index is 2100. The molecule has 0 spiro atoms. The molecule has 0 heterocycles. The van der Waals surface area contributed by atoms with Crippen molar-refractivity contribution in [3.8, 4) is 11.5 Å². The number of aromatic hydroxyl groups is 2. The van der Waals surface area contributed by atoms with Crippen LogP contribution in [0.5, 0.6) is 11.5 Å². The van der Waals surface area contributed by atoms with E-state index in [-0.39, 0.29) is 29.2 Å². The van der Waals surface area contributed by atoms with Crippen LogP contribution in [0.15, 0.2) is 41.5 Å². The molecule has 0 aromatic heterocycles. The molecule has 0 unspecified atom stereocenters. The van der Waals surface area contributed by atoms with E-state index in [0.29, 0.717) is 0 Å². The Balaban J connectivity index is 0.000000842. The normalized spacial score (nSPS) is 12.8. The molecular weight excluding hydrogens is 800 g/mol. The fraction of sp³-hybridized carbons (Fsp3) is 0. The minimum absolute atomic E-state index is 0. The van der Waals surface area contributed by atoms with Crippen molar-refractivity contribution in [3.63, 3.8) is 0 Å². The van der Waals surface area contributed by atoms with Crippen LogP contribution in [0.2, 0.25) is 0 Å². The molecule has 0 aliphatic rings. The molecule has 10 N–H and O–H groups in total. The van der Waals surface area contributed by atoms with Gasteiger partial charge in [0.2, 0.25) is 0 Å². The molecule has 0 aliphatic heterocycles. The van der Waals surface area contributed by atoms with Gasteiger partial charge in [-0.15, -0.1) is 0 Å². The number of benzene rings is 2. The van der Waals surface area contributed by atoms with Gasteiger partial charge < -0.3 is 20.4 Å². The minimum Gasteiger partial charge on any atom is -0.506 e. The van der Waals surface area contributed by atoms with Gasteiger partial charge in [0.05, 0.1) is 0 Å². The van der Waals surface area contributed by atoms with Crippen molar-refractivity contribution in [1.82, 2.24) is 0 Å². The summed E-state index contributed by atoms with van der Waals surface area (Å²) in [6.45, 7) is 0. The third kappa shape index (κ3) is 9.49. The van der Waals surface area contributed by atoms with Crippen LogP contribution in [0.4, 0.5) is 0 Å². The SMILES string of the molecule is O=C(O)c1cc(S(=O)(=O)O)c(S(=O)(=O)O)c(S(=O)(=O)O)c1O.O=C(O)c1cc(S(=O)(=O)O)c(S(=O)(=O)O)c(S(=O)(=O)O)c1O.[Fe]. The van der Waals surface area contributed by atoms with Crippen LogP contribution in [0, 0.1) is 0 Å². The minimum atomic E-state index is -5.73. The van der Waals surface area contributed by atoms with E-state index in [1.54, 1.807) is 0 Å². The van der Waals surface area contributed by atoms with Gasteiger partial charge in [0.15, 0.2) is 21.3 Å². The van der Waals surface area contributed by atoms with E-state index in [4.69, 9.17) is 37.5 Å². The summed E-state index contributed by atoms with van der Waals surface area (Å²) in [6, 6.07) is -0.213. The molecule has 0 atom stereocenters. The second kappa shape index (κ2) is 13.0. The zero-order valence-corrected chi connectivity index (χ0v) is 26.1. The first-order valence-electron chi connectivity index (χ1n) is 9.28. The van der Waals surface area contributed by atoms with E-state index in [0.717, 1.165) is 0 Å². The molecular formula is C14H12FeO24S6. The number of phenols is 2. The van der Waals surface area contributed by atoms with Gasteiger partial charge in [-0.3, -0.25) is 27.3 Å². The zero-order chi connectivity index (χ0) is 35.3. The topological polar surface area (TPSA) is 441 Å². The standard InChI is InChI=1S/2C7H6O12S3.Fe/c2*8-4-2(7(9)10)1-3(20(11,12)13)5(21(14,15)16)6(4)22(17,18)19;/h2*1,8H,(H,9,10)(H,11,12,13)(H,14,15,16)(H,17,18,19);. The summed E-state index contributed by atoms with van der Waals surface area (Å²) in [5, 5.41) is 36.3. The molecule has 31 heteroatoms. The van der Waals surface area contributed by atoms with E-state index in [1.165, 1.54) is 0 Å². The average Bonchev–Trinajstić information content (AvgIpc) is 2.73. The number of hydrogen-bond donors (Lipinski definition) is 10. The summed E-state index contributed by atoms with van der Waals surface area (Å²) < 4.78 is 187. The Morgan fingerprint density at radius 2 is 0.622 bits per heavy atom. The van der Waals surface area contributed by atoms with Gasteiger partial charge in [0.1, 0.15) is 30.7 Å². The molecule has 0 saturated carbocycles. The van der Waals surface area contributed by atoms with Gasteiger partial charge in [-0.05, 0) is 12.1 Å². The van der Waals surface area contributed by atoms with Crippen LogP contribution in [0.25, 0.3) is 0 Å². The maximum Gasteiger partial charge on any atom is 0.339 e. The third-order valence-electron chi connectivity index (χ3n) is 4.40. The molecule has 45 heavy (non-hydrogen) atoms. The Kier molecular flexibility index (Phi) is 12.1. The van der Waals surface area contributed by atoms with Crippen LogP contribution in [0.1, 0.15) is 20.7 Å². The van der Waals surface area contributed by atoms with Crippen molar-refractivity contribution in [2.75, 3.05) is 0 Å². The monoisotopic (exact) mass is 812 g/mol. The van der Waals surface area contributed by atoms with E-state index in [1.807, 2.05) is 0 Å². The van der Waals surface area contributed by atoms with Crippen molar-refractivity contribution >= 4 is 72.6 Å². The number of carboxylic acids is 2. The Hall–Kier alpha value is -3.04. The van der Waals surface area contributed by atoms with Crippen LogP contribution >= 0.6 is 0 Å². The van der Waals surface area contributed by atoms with Crippen LogP contribution in [0.3, 0.4) is 0 Å². The van der Waals surface area contributed by atoms with Gasteiger partial charge in [-0.2, -0.15) is 50.5 Å². The zero-order valence-electron chi connectivity index (χ0n) is 20.1. The van der Waals surface area contributed by atoms with Gasteiger partial charge in [0, 0.05) is 17.1 Å². The van der Waals surface area contributed by atoms with E-state index in [9.17, 15) is 70.3 Å². The van der Waals surface area contributed by atoms with Crippen molar-refractivity contribution in [2.24, 2.45) is 0 Å². The number of carboxylic acid groups (broad SMARTS) is 2. The largest absolute Gasteiger partial charge is 0.506 e. The molecule has 2 aromatic rings. The number of hydrogen-bond acceptors (Lipinski definition) is 16. The Morgan fingerprint density at radius 1 is 0.422 bits per heavy atom. The first-order chi connectivity index (χ1) is 19.2. The summed E-state index contributed by atoms with van der Waals surface area (Å²) >= 11 is 0. The molecule has 256 valence electrons. The maximum atomic E-state index is 11.1. The van der Waals surface area contributed by atoms with E-state index >= 15 is 0 Å². The number of carbonyl (C=O) groups is 2. The molecule has 0 fully saturated rings. The molecule has 2 rings (SSSR count). The summed E-state index contributed by atoms with van der Waals surface area (Å²) in [7, 11) is -34.0. The van der Waals surface area contributed by atoms with Crippen molar-refractivity contribution in [1.29, 1.82) is 0 Å². The summed E-state index contributed by atoms with van der Waals surface area (Å²) in [5.41, 5.74) is -2.93. The van der Waals surface area contributed by atoms with Gasteiger partial charge in [0.25, 0.3) is 60.7 Å². The summed E-state index contributed by atoms with van der Waals surface area (Å²) in [6.07, 6.45) is 0. The van der Waals surface area contributed by atoms with Gasteiger partial charge >= 0.3 is 11.9 Å². The third-order valence-corrected chi connectivity index (χ3v) is 10.4. The van der Waals surface area contributed by atoms with Gasteiger partial charge in [-0.1, -0.05) is 0 Å². The second-order valence-electron chi connectivity index (χ2n) is 7.32. The van der Waals surface area contributed by atoms with Crippen molar-refractivity contribution < 1.29 is 125 Å². The molecule has 0 bridgehead atoms. The van der Waals surface area contributed by atoms with Crippen molar-refractivity contribution in [2.45, 2.75) is 29.4 Å². The van der Waals surface area contributed by atoms with E-state index in [2.05, 4.69) is 0 Å². The molecule has 0 saturated heterocycles. The first kappa shape index (κ1) is 42.0. The summed E-state index contributed by atoms with van der Waals surface area (Å²) in [5.74, 6) is -7.94. The van der Waals surface area contributed by atoms with E-state index < -0.39 is 125 Å². The molecule has 0 aliphatic carbocycles. The fourth-order valence-electron chi connectivity index (χ4n) is 2.89. The molecule has 24 nitrogen and oxygen atoms in total. The summed E-state index contributed by atoms with van der Waals surface area (Å²) in [4.78, 5) is 9.49. The fourth-order valence-corrected chi connectivity index (χ4v) is 9.44. The molecule has 0 radical (unpaired) electrons. The number of rotatable bonds is 8. The van der Waals surface area contributed by atoms with Gasteiger partial charge in [-0.25, -0.2) is 9.59 Å². The average molecular weight is 812 g/mol. The first-order valence-corrected chi connectivity index (χ1v) is 17.9. The van der Waals surface area contributed by atoms with Crippen LogP contribution in [-0.2, 0) is 77.8 Å². The molecule has 2 aromatic carbocycles. The predicted molar refractivity (Wildman–Crippen MR) is 129 cm³/mol.